The van der Waals surface area contributed by atoms with E-state index in [0.717, 1.165) is 29.4 Å². The minimum atomic E-state index is -0.917. The van der Waals surface area contributed by atoms with Gasteiger partial charge >= 0.3 is 5.97 Å². The fourth-order valence-electron chi connectivity index (χ4n) is 2.11. The molecule has 6 nitrogen and oxygen atoms in total. The number of rotatable bonds is 6. The molecule has 3 rings (SSSR count). The fourth-order valence-corrected chi connectivity index (χ4v) is 2.75. The highest BCUT2D eigenvalue weighted by molar-refractivity contribution is 7.99. The van der Waals surface area contributed by atoms with Crippen LogP contribution in [0.3, 0.4) is 0 Å². The van der Waals surface area contributed by atoms with Crippen LogP contribution in [0.2, 0.25) is 0 Å². The molecule has 0 atom stereocenters. The minimum Gasteiger partial charge on any atom is -0.455 e. The number of nitrogens with one attached hydrogen (secondary N) is 1. The molecule has 0 spiro atoms. The predicted molar refractivity (Wildman–Crippen MR) is 96.2 cm³/mol. The van der Waals surface area contributed by atoms with E-state index in [1.807, 2.05) is 24.3 Å². The Morgan fingerprint density at radius 3 is 2.67 bits per heavy atom. The minimum absolute atomic E-state index is 0.0643. The van der Waals surface area contributed by atoms with Gasteiger partial charge in [0, 0.05) is 6.07 Å². The highest BCUT2D eigenvalue weighted by Gasteiger charge is 2.12. The van der Waals surface area contributed by atoms with Crippen LogP contribution in [-0.2, 0) is 14.3 Å². The maximum atomic E-state index is 13.5. The van der Waals surface area contributed by atoms with E-state index in [4.69, 9.17) is 4.74 Å². The molecule has 1 aromatic heterocycles. The molecule has 0 radical (unpaired) electrons. The van der Waals surface area contributed by atoms with E-state index < -0.39 is 30.1 Å². The first-order valence-electron chi connectivity index (χ1n) is 7.76. The molecular weight excluding hydrogens is 376 g/mol. The zero-order chi connectivity index (χ0) is 19.2. The van der Waals surface area contributed by atoms with E-state index in [-0.39, 0.29) is 11.4 Å². The normalized spacial score (nSPS) is 10.6. The van der Waals surface area contributed by atoms with Crippen LogP contribution in [0.1, 0.15) is 0 Å². The summed E-state index contributed by atoms with van der Waals surface area (Å²) >= 11 is 1.12. The molecule has 0 fully saturated rings. The van der Waals surface area contributed by atoms with Gasteiger partial charge in [0.1, 0.15) is 16.7 Å². The lowest BCUT2D eigenvalue weighted by molar-refractivity contribution is -0.144. The molecule has 0 aliphatic rings. The number of ether oxygens (including phenoxy) is 1. The number of benzene rings is 2. The maximum Gasteiger partial charge on any atom is 0.316 e. The smallest absolute Gasteiger partial charge is 0.316 e. The third kappa shape index (κ3) is 5.20. The van der Waals surface area contributed by atoms with E-state index in [9.17, 15) is 18.4 Å². The summed E-state index contributed by atoms with van der Waals surface area (Å²) in [5.74, 6) is -3.11. The SMILES string of the molecule is O=C(COC(=O)CSc1cnc2ccccc2n1)Nc1ccc(F)cc1F. The van der Waals surface area contributed by atoms with Gasteiger partial charge in [0.15, 0.2) is 6.61 Å². The van der Waals surface area contributed by atoms with Crippen LogP contribution in [0.5, 0.6) is 0 Å². The van der Waals surface area contributed by atoms with Gasteiger partial charge in [0.25, 0.3) is 5.91 Å². The number of thioether (sulfide) groups is 1. The van der Waals surface area contributed by atoms with Crippen LogP contribution >= 0.6 is 11.8 Å². The number of hydrogen-bond donors (Lipinski definition) is 1. The number of anilines is 1. The third-order valence-corrected chi connectivity index (χ3v) is 4.21. The van der Waals surface area contributed by atoms with Crippen LogP contribution < -0.4 is 5.32 Å². The van der Waals surface area contributed by atoms with Crippen molar-refractivity contribution in [3.8, 4) is 0 Å². The average Bonchev–Trinajstić information content (AvgIpc) is 2.67. The molecule has 0 unspecified atom stereocenters. The number of para-hydroxylation sites is 2. The van der Waals surface area contributed by atoms with Gasteiger partial charge in [0.05, 0.1) is 28.7 Å². The van der Waals surface area contributed by atoms with Gasteiger partial charge < -0.3 is 10.1 Å². The number of amides is 1. The standard InChI is InChI=1S/C18H13F2N3O3S/c19-11-5-6-13(12(20)7-11)22-16(24)9-26-18(25)10-27-17-8-21-14-3-1-2-4-15(14)23-17/h1-8H,9-10H2,(H,22,24). The highest BCUT2D eigenvalue weighted by atomic mass is 32.2. The van der Waals surface area contributed by atoms with E-state index in [0.29, 0.717) is 16.6 Å². The zero-order valence-corrected chi connectivity index (χ0v) is 14.6. The largest absolute Gasteiger partial charge is 0.455 e. The number of aromatic nitrogens is 2. The van der Waals surface area contributed by atoms with Crippen molar-refractivity contribution in [1.82, 2.24) is 9.97 Å². The fraction of sp³-hybridized carbons (Fsp3) is 0.111. The number of carbonyl (C=O) groups is 2. The molecular formula is C18H13F2N3O3S. The molecule has 138 valence electrons. The Balaban J connectivity index is 1.46. The molecule has 2 aromatic carbocycles. The zero-order valence-electron chi connectivity index (χ0n) is 13.8. The number of esters is 1. The third-order valence-electron chi connectivity index (χ3n) is 3.33. The van der Waals surface area contributed by atoms with E-state index in [1.54, 1.807) is 6.20 Å². The van der Waals surface area contributed by atoms with Crippen LogP contribution in [0, 0.1) is 11.6 Å². The van der Waals surface area contributed by atoms with Gasteiger partial charge in [-0.15, -0.1) is 0 Å². The summed E-state index contributed by atoms with van der Waals surface area (Å²) in [5.41, 5.74) is 1.25. The second-order valence-corrected chi connectivity index (χ2v) is 6.31. The Bertz CT molecular complexity index is 1000. The first-order chi connectivity index (χ1) is 13.0. The van der Waals surface area contributed by atoms with Gasteiger partial charge in [0.2, 0.25) is 0 Å². The van der Waals surface area contributed by atoms with Crippen molar-refractivity contribution >= 4 is 40.4 Å². The monoisotopic (exact) mass is 389 g/mol. The summed E-state index contributed by atoms with van der Waals surface area (Å²) in [7, 11) is 0. The number of halogens is 2. The number of carbonyl (C=O) groups excluding carboxylic acids is 2. The average molecular weight is 389 g/mol. The topological polar surface area (TPSA) is 81.2 Å². The Morgan fingerprint density at radius 1 is 1.11 bits per heavy atom. The van der Waals surface area contributed by atoms with Crippen molar-refractivity contribution < 1.29 is 23.1 Å². The van der Waals surface area contributed by atoms with Gasteiger partial charge in [-0.2, -0.15) is 0 Å². The molecule has 1 heterocycles. The summed E-state index contributed by atoms with van der Waals surface area (Å²) in [6, 6.07) is 10.1. The molecule has 1 N–H and O–H groups in total. The van der Waals surface area contributed by atoms with Crippen molar-refractivity contribution in [2.45, 2.75) is 5.03 Å². The summed E-state index contributed by atoms with van der Waals surface area (Å²) in [6.07, 6.45) is 1.55. The summed E-state index contributed by atoms with van der Waals surface area (Å²) in [6.45, 7) is -0.584. The highest BCUT2D eigenvalue weighted by Crippen LogP contribution is 2.18. The molecule has 3 aromatic rings. The second-order valence-electron chi connectivity index (χ2n) is 5.32. The maximum absolute atomic E-state index is 13.5. The van der Waals surface area contributed by atoms with Crippen molar-refractivity contribution in [2.24, 2.45) is 0 Å². The van der Waals surface area contributed by atoms with Crippen LogP contribution in [0.15, 0.2) is 53.7 Å². The Morgan fingerprint density at radius 2 is 1.89 bits per heavy atom. The van der Waals surface area contributed by atoms with Crippen molar-refractivity contribution in [1.29, 1.82) is 0 Å². The lowest BCUT2D eigenvalue weighted by Gasteiger charge is -2.07. The summed E-state index contributed by atoms with van der Waals surface area (Å²) in [5, 5.41) is 2.74. The lowest BCUT2D eigenvalue weighted by atomic mass is 10.3. The van der Waals surface area contributed by atoms with Gasteiger partial charge in [-0.1, -0.05) is 23.9 Å². The van der Waals surface area contributed by atoms with Crippen LogP contribution in [-0.4, -0.2) is 34.2 Å². The molecule has 1 amide bonds. The quantitative estimate of drug-likeness (QED) is 0.515. The molecule has 0 aliphatic heterocycles. The molecule has 0 saturated carbocycles. The van der Waals surface area contributed by atoms with Crippen molar-refractivity contribution in [2.75, 3.05) is 17.7 Å². The van der Waals surface area contributed by atoms with Gasteiger partial charge in [-0.25, -0.2) is 13.8 Å². The van der Waals surface area contributed by atoms with Crippen molar-refractivity contribution in [3.63, 3.8) is 0 Å². The predicted octanol–water partition coefficient (Wildman–Crippen LogP) is 3.18. The van der Waals surface area contributed by atoms with Gasteiger partial charge in [-0.3, -0.25) is 14.6 Å². The molecule has 9 heteroatoms. The summed E-state index contributed by atoms with van der Waals surface area (Å²) < 4.78 is 31.1. The molecule has 27 heavy (non-hydrogen) atoms. The van der Waals surface area contributed by atoms with E-state index in [2.05, 4.69) is 15.3 Å². The Labute approximate surface area is 157 Å². The molecule has 0 saturated heterocycles. The first-order valence-corrected chi connectivity index (χ1v) is 8.75. The van der Waals surface area contributed by atoms with Crippen LogP contribution in [0.4, 0.5) is 14.5 Å². The number of nitrogens with zero attached hydrogens (tertiary/aromatic N) is 2. The molecule has 0 aliphatic carbocycles. The molecule has 0 bridgehead atoms. The van der Waals surface area contributed by atoms with E-state index >= 15 is 0 Å². The van der Waals surface area contributed by atoms with Crippen LogP contribution in [0.25, 0.3) is 11.0 Å². The second kappa shape index (κ2) is 8.54. The summed E-state index contributed by atoms with van der Waals surface area (Å²) in [4.78, 5) is 32.0. The number of hydrogen-bond acceptors (Lipinski definition) is 6. The number of fused-ring (bicyclic) bond motifs is 1. The lowest BCUT2D eigenvalue weighted by Crippen LogP contribution is -2.22. The van der Waals surface area contributed by atoms with E-state index in [1.165, 1.54) is 0 Å². The first kappa shape index (κ1) is 18.7. The Hall–Kier alpha value is -3.07. The Kier molecular flexibility index (Phi) is 5.92. The van der Waals surface area contributed by atoms with Crippen molar-refractivity contribution in [3.05, 3.63) is 60.3 Å². The van der Waals surface area contributed by atoms with Gasteiger partial charge in [-0.05, 0) is 24.3 Å².